The Morgan fingerprint density at radius 2 is 2.00 bits per heavy atom. The van der Waals surface area contributed by atoms with Gasteiger partial charge in [-0.2, -0.15) is 0 Å². The van der Waals surface area contributed by atoms with Crippen molar-refractivity contribution in [1.29, 1.82) is 0 Å². The highest BCUT2D eigenvalue weighted by molar-refractivity contribution is 5.76. The predicted molar refractivity (Wildman–Crippen MR) is 68.6 cm³/mol. The van der Waals surface area contributed by atoms with Crippen molar-refractivity contribution in [1.82, 2.24) is 10.2 Å². The summed E-state index contributed by atoms with van der Waals surface area (Å²) in [6.07, 6.45) is 6.72. The number of rotatable bonds is 5. The summed E-state index contributed by atoms with van der Waals surface area (Å²) in [7, 11) is 0. The third-order valence-corrected chi connectivity index (χ3v) is 4.16. The Balaban J connectivity index is 1.65. The number of hydrogen-bond acceptors (Lipinski definition) is 3. The minimum atomic E-state index is 0.210. The van der Waals surface area contributed by atoms with Gasteiger partial charge in [0, 0.05) is 19.0 Å². The summed E-state index contributed by atoms with van der Waals surface area (Å²) in [6, 6.07) is 0.339. The van der Waals surface area contributed by atoms with Gasteiger partial charge >= 0.3 is 0 Å². The molecule has 0 aromatic heterocycles. The van der Waals surface area contributed by atoms with Crippen LogP contribution in [0.25, 0.3) is 0 Å². The lowest BCUT2D eigenvalue weighted by molar-refractivity contribution is -0.122. The molecular weight excluding hydrogens is 214 g/mol. The van der Waals surface area contributed by atoms with Gasteiger partial charge in [-0.15, -0.1) is 0 Å². The molecule has 98 valence electrons. The Kier molecular flexibility index (Phi) is 4.80. The Bertz CT molecular complexity index is 251. The van der Waals surface area contributed by atoms with Crippen molar-refractivity contribution in [2.45, 2.75) is 44.6 Å². The summed E-state index contributed by atoms with van der Waals surface area (Å²) in [4.78, 5) is 14.2. The maximum Gasteiger partial charge on any atom is 0.221 e. The van der Waals surface area contributed by atoms with Crippen LogP contribution in [0.5, 0.6) is 0 Å². The fourth-order valence-corrected chi connectivity index (χ4v) is 3.05. The highest BCUT2D eigenvalue weighted by Crippen LogP contribution is 2.24. The van der Waals surface area contributed by atoms with Crippen LogP contribution >= 0.6 is 0 Å². The van der Waals surface area contributed by atoms with E-state index in [0.717, 1.165) is 13.0 Å². The molecule has 0 bridgehead atoms. The normalized spacial score (nSPS) is 29.7. The predicted octanol–water partition coefficient (Wildman–Crippen LogP) is 0.716. The molecule has 0 aromatic carbocycles. The van der Waals surface area contributed by atoms with Gasteiger partial charge in [0.2, 0.25) is 5.91 Å². The number of hydrogen-bond donors (Lipinski definition) is 2. The molecule has 1 heterocycles. The monoisotopic (exact) mass is 239 g/mol. The van der Waals surface area contributed by atoms with Crippen molar-refractivity contribution in [2.24, 2.45) is 11.7 Å². The van der Waals surface area contributed by atoms with E-state index in [1.54, 1.807) is 0 Å². The Labute approximate surface area is 104 Å². The second-order valence-corrected chi connectivity index (χ2v) is 5.40. The maximum atomic E-state index is 11.8. The summed E-state index contributed by atoms with van der Waals surface area (Å²) in [5, 5.41) is 3.16. The van der Waals surface area contributed by atoms with E-state index in [-0.39, 0.29) is 5.91 Å². The van der Waals surface area contributed by atoms with Gasteiger partial charge in [-0.3, -0.25) is 4.79 Å². The first-order chi connectivity index (χ1) is 8.29. The molecule has 1 aliphatic carbocycles. The molecule has 0 radical (unpaired) electrons. The Morgan fingerprint density at radius 3 is 2.71 bits per heavy atom. The summed E-state index contributed by atoms with van der Waals surface area (Å²) >= 11 is 0. The smallest absolute Gasteiger partial charge is 0.221 e. The molecule has 2 unspecified atom stereocenters. The van der Waals surface area contributed by atoms with Crippen LogP contribution in [0.4, 0.5) is 0 Å². The molecule has 4 heteroatoms. The van der Waals surface area contributed by atoms with Crippen LogP contribution in [0.3, 0.4) is 0 Å². The number of nitrogens with two attached hydrogens (primary N) is 1. The van der Waals surface area contributed by atoms with Crippen molar-refractivity contribution in [3.8, 4) is 0 Å². The zero-order valence-corrected chi connectivity index (χ0v) is 10.7. The van der Waals surface area contributed by atoms with Gasteiger partial charge in [-0.25, -0.2) is 0 Å². The molecular formula is C13H25N3O. The standard InChI is InChI=1S/C13H25N3O/c14-10-11-4-3-5-12(11)15-13(17)6-9-16-7-1-2-8-16/h11-12H,1-10,14H2,(H,15,17). The number of likely N-dealkylation sites (tertiary alicyclic amines) is 1. The Morgan fingerprint density at radius 1 is 1.24 bits per heavy atom. The number of nitrogens with zero attached hydrogens (tertiary/aromatic N) is 1. The van der Waals surface area contributed by atoms with E-state index in [0.29, 0.717) is 24.9 Å². The number of carbonyl (C=O) groups is 1. The van der Waals surface area contributed by atoms with Gasteiger partial charge < -0.3 is 16.0 Å². The third-order valence-electron chi connectivity index (χ3n) is 4.16. The summed E-state index contributed by atoms with van der Waals surface area (Å²) < 4.78 is 0. The molecule has 0 aromatic rings. The van der Waals surface area contributed by atoms with Gasteiger partial charge in [-0.05, 0) is 51.2 Å². The molecule has 1 saturated carbocycles. The first-order valence-corrected chi connectivity index (χ1v) is 7.01. The molecule has 1 aliphatic heterocycles. The first kappa shape index (κ1) is 12.8. The van der Waals surface area contributed by atoms with Gasteiger partial charge in [-0.1, -0.05) is 6.42 Å². The zero-order chi connectivity index (χ0) is 12.1. The first-order valence-electron chi connectivity index (χ1n) is 7.01. The molecule has 17 heavy (non-hydrogen) atoms. The number of amides is 1. The summed E-state index contributed by atoms with van der Waals surface area (Å²) in [5.74, 6) is 0.716. The largest absolute Gasteiger partial charge is 0.353 e. The lowest BCUT2D eigenvalue weighted by Gasteiger charge is -2.20. The van der Waals surface area contributed by atoms with Gasteiger partial charge in [0.1, 0.15) is 0 Å². The minimum Gasteiger partial charge on any atom is -0.353 e. The van der Waals surface area contributed by atoms with Crippen LogP contribution in [0, 0.1) is 5.92 Å². The van der Waals surface area contributed by atoms with Gasteiger partial charge in [0.25, 0.3) is 0 Å². The summed E-state index contributed by atoms with van der Waals surface area (Å²) in [6.45, 7) is 3.97. The van der Waals surface area contributed by atoms with Crippen molar-refractivity contribution < 1.29 is 4.79 Å². The van der Waals surface area contributed by atoms with Crippen LogP contribution in [0.2, 0.25) is 0 Å². The van der Waals surface area contributed by atoms with Gasteiger partial charge in [0.05, 0.1) is 0 Å². The van der Waals surface area contributed by atoms with Crippen LogP contribution in [0.1, 0.15) is 38.5 Å². The van der Waals surface area contributed by atoms with Crippen LogP contribution in [-0.4, -0.2) is 43.0 Å². The van der Waals surface area contributed by atoms with E-state index in [1.807, 2.05) is 0 Å². The molecule has 3 N–H and O–H groups in total. The minimum absolute atomic E-state index is 0.210. The van der Waals surface area contributed by atoms with E-state index < -0.39 is 0 Å². The zero-order valence-electron chi connectivity index (χ0n) is 10.7. The van der Waals surface area contributed by atoms with Crippen LogP contribution in [-0.2, 0) is 4.79 Å². The Hall–Kier alpha value is -0.610. The fourth-order valence-electron chi connectivity index (χ4n) is 3.05. The average Bonchev–Trinajstić information content (AvgIpc) is 2.97. The summed E-state index contributed by atoms with van der Waals surface area (Å²) in [5.41, 5.74) is 5.71. The molecule has 1 saturated heterocycles. The van der Waals surface area contributed by atoms with Crippen molar-refractivity contribution in [3.05, 3.63) is 0 Å². The SMILES string of the molecule is NCC1CCCC1NC(=O)CCN1CCCC1. The number of nitrogens with one attached hydrogen (secondary N) is 1. The van der Waals surface area contributed by atoms with E-state index in [2.05, 4.69) is 10.2 Å². The van der Waals surface area contributed by atoms with E-state index >= 15 is 0 Å². The quantitative estimate of drug-likeness (QED) is 0.743. The molecule has 0 spiro atoms. The molecule has 2 rings (SSSR count). The van der Waals surface area contributed by atoms with Crippen molar-refractivity contribution in [3.63, 3.8) is 0 Å². The van der Waals surface area contributed by atoms with E-state index in [4.69, 9.17) is 5.73 Å². The number of carbonyl (C=O) groups excluding carboxylic acids is 1. The van der Waals surface area contributed by atoms with Gasteiger partial charge in [0.15, 0.2) is 0 Å². The molecule has 1 amide bonds. The lowest BCUT2D eigenvalue weighted by atomic mass is 10.0. The molecule has 4 nitrogen and oxygen atoms in total. The molecule has 2 atom stereocenters. The van der Waals surface area contributed by atoms with E-state index in [9.17, 15) is 4.79 Å². The van der Waals surface area contributed by atoms with Crippen LogP contribution < -0.4 is 11.1 Å². The highest BCUT2D eigenvalue weighted by atomic mass is 16.1. The van der Waals surface area contributed by atoms with Crippen molar-refractivity contribution in [2.75, 3.05) is 26.2 Å². The second kappa shape index (κ2) is 6.36. The average molecular weight is 239 g/mol. The second-order valence-electron chi connectivity index (χ2n) is 5.40. The third kappa shape index (κ3) is 3.68. The molecule has 2 fully saturated rings. The van der Waals surface area contributed by atoms with Crippen molar-refractivity contribution >= 4 is 5.91 Å². The topological polar surface area (TPSA) is 58.4 Å². The fraction of sp³-hybridized carbons (Fsp3) is 0.923. The lowest BCUT2D eigenvalue weighted by Crippen LogP contribution is -2.40. The molecule has 2 aliphatic rings. The van der Waals surface area contributed by atoms with E-state index in [1.165, 1.54) is 38.8 Å². The van der Waals surface area contributed by atoms with Crippen LogP contribution in [0.15, 0.2) is 0 Å². The highest BCUT2D eigenvalue weighted by Gasteiger charge is 2.27. The maximum absolute atomic E-state index is 11.8.